The van der Waals surface area contributed by atoms with E-state index in [0.29, 0.717) is 0 Å². The molecule has 0 spiro atoms. The molecule has 1 amide bonds. The standard InChI is InChI=1S/C9H14N2O4.C2HF3O2/c1-3-4-15-6-7(10)9(13)11-5-8(12)14-2;3-2(4,5)1(6)7/h1,7H,4-6,10H2,2H3,(H,11,13);(H,6,7)/t7-;/m0./s1. The molecule has 4 N–H and O–H groups in total. The predicted octanol–water partition coefficient (Wildman–Crippen LogP) is -3.17. The van der Waals surface area contributed by atoms with Crippen molar-refractivity contribution in [2.24, 2.45) is 0 Å². The number of halogens is 3. The van der Waals surface area contributed by atoms with Gasteiger partial charge in [0.15, 0.2) is 6.04 Å². The van der Waals surface area contributed by atoms with Crippen LogP contribution in [-0.4, -0.2) is 56.9 Å². The van der Waals surface area contributed by atoms with E-state index in [0.717, 1.165) is 0 Å². The van der Waals surface area contributed by atoms with Crippen LogP contribution in [-0.2, 0) is 23.9 Å². The average molecular weight is 328 g/mol. The van der Waals surface area contributed by atoms with Crippen molar-refractivity contribution in [1.29, 1.82) is 0 Å². The molecule has 8 nitrogen and oxygen atoms in total. The fourth-order valence-corrected chi connectivity index (χ4v) is 0.712. The van der Waals surface area contributed by atoms with E-state index in [1.165, 1.54) is 7.11 Å². The van der Waals surface area contributed by atoms with Gasteiger partial charge in [0.2, 0.25) is 0 Å². The zero-order valence-corrected chi connectivity index (χ0v) is 11.6. The molecule has 0 aliphatic heterocycles. The third-order valence-corrected chi connectivity index (χ3v) is 1.74. The van der Waals surface area contributed by atoms with E-state index in [4.69, 9.17) is 21.1 Å². The maximum atomic E-state index is 11.2. The summed E-state index contributed by atoms with van der Waals surface area (Å²) in [4.78, 5) is 30.7. The topological polar surface area (TPSA) is 132 Å². The summed E-state index contributed by atoms with van der Waals surface area (Å²) in [5, 5.41) is 11.1. The first kappa shape index (κ1) is 22.0. The Kier molecular flexibility index (Phi) is 11.3. The van der Waals surface area contributed by atoms with Gasteiger partial charge in [0, 0.05) is 0 Å². The minimum absolute atomic E-state index is 0.122. The fraction of sp³-hybridized carbons (Fsp3) is 0.545. The Hall–Kier alpha value is -2.32. The second-order valence-corrected chi connectivity index (χ2v) is 3.50. The van der Waals surface area contributed by atoms with Crippen LogP contribution in [0.15, 0.2) is 0 Å². The Bertz CT molecular complexity index is 419. The largest absolute Gasteiger partial charge is 0.542 e. The van der Waals surface area contributed by atoms with E-state index in [2.05, 4.69) is 21.7 Å². The lowest BCUT2D eigenvalue weighted by Crippen LogP contribution is -2.69. The second-order valence-electron chi connectivity index (χ2n) is 3.50. The Morgan fingerprint density at radius 3 is 2.27 bits per heavy atom. The van der Waals surface area contributed by atoms with Gasteiger partial charge in [0.05, 0.1) is 7.11 Å². The Morgan fingerprint density at radius 1 is 1.41 bits per heavy atom. The zero-order valence-electron chi connectivity index (χ0n) is 11.6. The number of nitrogens with one attached hydrogen (secondary N) is 1. The molecule has 0 aliphatic carbocycles. The first-order valence-electron chi connectivity index (χ1n) is 5.53. The number of esters is 1. The van der Waals surface area contributed by atoms with Crippen molar-refractivity contribution >= 4 is 17.8 Å². The van der Waals surface area contributed by atoms with Gasteiger partial charge in [-0.3, -0.25) is 9.59 Å². The summed E-state index contributed by atoms with van der Waals surface area (Å²) in [6.45, 7) is 0.0873. The highest BCUT2D eigenvalue weighted by Crippen LogP contribution is 2.11. The molecule has 11 heteroatoms. The van der Waals surface area contributed by atoms with Gasteiger partial charge in [-0.2, -0.15) is 13.2 Å². The Labute approximate surface area is 123 Å². The van der Waals surface area contributed by atoms with Crippen LogP contribution in [0.25, 0.3) is 0 Å². The molecule has 0 heterocycles. The number of hydrogen-bond acceptors (Lipinski definition) is 6. The molecule has 0 radical (unpaired) electrons. The molecule has 22 heavy (non-hydrogen) atoms. The molecule has 0 saturated heterocycles. The van der Waals surface area contributed by atoms with E-state index in [-0.39, 0.29) is 25.7 Å². The Morgan fingerprint density at radius 2 is 1.91 bits per heavy atom. The minimum atomic E-state index is -5.19. The first-order valence-corrected chi connectivity index (χ1v) is 5.53. The summed E-state index contributed by atoms with van der Waals surface area (Å²) in [5.74, 6) is -1.63. The third-order valence-electron chi connectivity index (χ3n) is 1.74. The van der Waals surface area contributed by atoms with E-state index in [1.54, 1.807) is 0 Å². The summed E-state index contributed by atoms with van der Waals surface area (Å²) < 4.78 is 40.8. The highest BCUT2D eigenvalue weighted by molar-refractivity contribution is 5.84. The number of quaternary nitrogens is 1. The van der Waals surface area contributed by atoms with Gasteiger partial charge in [-0.25, -0.2) is 0 Å². The number of methoxy groups -OCH3 is 1. The van der Waals surface area contributed by atoms with Crippen LogP contribution < -0.4 is 16.2 Å². The number of carboxylic acids is 1. The molecule has 0 aromatic heterocycles. The minimum Gasteiger partial charge on any atom is -0.542 e. The summed E-state index contributed by atoms with van der Waals surface area (Å²) in [6, 6.07) is -0.594. The smallest absolute Gasteiger partial charge is 0.430 e. The highest BCUT2D eigenvalue weighted by Gasteiger charge is 2.28. The molecule has 0 bridgehead atoms. The van der Waals surface area contributed by atoms with Crippen LogP contribution in [0.1, 0.15) is 0 Å². The zero-order chi connectivity index (χ0) is 17.8. The summed E-state index contributed by atoms with van der Waals surface area (Å²) in [5.41, 5.74) is 3.56. The lowest BCUT2D eigenvalue weighted by Gasteiger charge is -2.08. The maximum Gasteiger partial charge on any atom is 0.430 e. The van der Waals surface area contributed by atoms with Gasteiger partial charge >= 0.3 is 12.1 Å². The van der Waals surface area contributed by atoms with Crippen molar-refractivity contribution in [2.45, 2.75) is 12.2 Å². The third kappa shape index (κ3) is 12.7. The number of alkyl halides is 3. The fourth-order valence-electron chi connectivity index (χ4n) is 0.712. The molecule has 0 aromatic rings. The number of aliphatic carboxylic acids is 1. The van der Waals surface area contributed by atoms with Crippen molar-refractivity contribution in [1.82, 2.24) is 5.32 Å². The molecule has 126 valence electrons. The van der Waals surface area contributed by atoms with Crippen molar-refractivity contribution in [3.63, 3.8) is 0 Å². The lowest BCUT2D eigenvalue weighted by atomic mass is 10.3. The molecule has 0 saturated carbocycles. The van der Waals surface area contributed by atoms with Crippen molar-refractivity contribution in [2.75, 3.05) is 26.9 Å². The summed E-state index contributed by atoms with van der Waals surface area (Å²) in [6.07, 6.45) is -0.244. The van der Waals surface area contributed by atoms with Gasteiger partial charge < -0.3 is 30.4 Å². The molecule has 1 atom stereocenters. The molecule has 0 aromatic carbocycles. The number of carboxylic acid groups (broad SMARTS) is 1. The van der Waals surface area contributed by atoms with Crippen molar-refractivity contribution < 1.29 is 47.9 Å². The number of carbonyl (C=O) groups excluding carboxylic acids is 3. The van der Waals surface area contributed by atoms with Crippen LogP contribution in [0.3, 0.4) is 0 Å². The SMILES string of the molecule is C#CCOC[C@H]([NH3+])C(=O)NCC(=O)OC.O=C([O-])C(F)(F)F. The Balaban J connectivity index is 0. The molecule has 0 rings (SSSR count). The van der Waals surface area contributed by atoms with Crippen molar-refractivity contribution in [3.8, 4) is 12.3 Å². The van der Waals surface area contributed by atoms with Crippen LogP contribution in [0.5, 0.6) is 0 Å². The molecule has 0 aliphatic rings. The van der Waals surface area contributed by atoms with Crippen molar-refractivity contribution in [3.05, 3.63) is 0 Å². The average Bonchev–Trinajstić information content (AvgIpc) is 2.43. The monoisotopic (exact) mass is 328 g/mol. The lowest BCUT2D eigenvalue weighted by molar-refractivity contribution is -0.410. The summed E-state index contributed by atoms with van der Waals surface area (Å²) >= 11 is 0. The van der Waals surface area contributed by atoms with Gasteiger partial charge in [0.25, 0.3) is 5.91 Å². The van der Waals surface area contributed by atoms with E-state index in [9.17, 15) is 22.8 Å². The quantitative estimate of drug-likeness (QED) is 0.300. The number of ether oxygens (including phenoxy) is 2. The number of terminal acetylenes is 1. The van der Waals surface area contributed by atoms with E-state index < -0.39 is 24.2 Å². The second kappa shape index (κ2) is 11.4. The van der Waals surface area contributed by atoms with E-state index in [1.807, 2.05) is 0 Å². The van der Waals surface area contributed by atoms with Gasteiger partial charge in [-0.15, -0.1) is 6.42 Å². The van der Waals surface area contributed by atoms with Crippen LogP contribution in [0.4, 0.5) is 13.2 Å². The molecular weight excluding hydrogens is 313 g/mol. The van der Waals surface area contributed by atoms with Crippen LogP contribution >= 0.6 is 0 Å². The number of carbonyl (C=O) groups is 3. The van der Waals surface area contributed by atoms with Crippen LogP contribution in [0, 0.1) is 12.3 Å². The first-order chi connectivity index (χ1) is 10.1. The summed E-state index contributed by atoms with van der Waals surface area (Å²) in [7, 11) is 1.24. The number of amides is 1. The van der Waals surface area contributed by atoms with Crippen LogP contribution in [0.2, 0.25) is 0 Å². The number of hydrogen-bond donors (Lipinski definition) is 2. The van der Waals surface area contributed by atoms with Gasteiger partial charge in [-0.1, -0.05) is 5.92 Å². The number of rotatable bonds is 6. The predicted molar refractivity (Wildman–Crippen MR) is 62.4 cm³/mol. The van der Waals surface area contributed by atoms with Gasteiger partial charge in [-0.05, 0) is 0 Å². The molecular formula is C11H15F3N2O6. The highest BCUT2D eigenvalue weighted by atomic mass is 19.4. The van der Waals surface area contributed by atoms with Gasteiger partial charge in [0.1, 0.15) is 25.7 Å². The molecule has 0 unspecified atom stereocenters. The van der Waals surface area contributed by atoms with E-state index >= 15 is 0 Å². The normalized spacial score (nSPS) is 11.3. The molecule has 0 fully saturated rings. The maximum absolute atomic E-state index is 11.2.